The summed E-state index contributed by atoms with van der Waals surface area (Å²) in [6.07, 6.45) is 1.52. The van der Waals surface area contributed by atoms with Gasteiger partial charge in [-0.1, -0.05) is 0 Å². The maximum atomic E-state index is 13.3. The molecule has 130 valence electrons. The molecule has 0 saturated heterocycles. The first-order valence-corrected chi connectivity index (χ1v) is 9.87. The minimum Gasteiger partial charge on any atom is -0.297 e. The van der Waals surface area contributed by atoms with Gasteiger partial charge in [-0.05, 0) is 29.6 Å². The molecule has 2 heterocycles. The van der Waals surface area contributed by atoms with Crippen LogP contribution in [-0.2, 0) is 10.0 Å². The van der Waals surface area contributed by atoms with Crippen molar-refractivity contribution in [2.24, 2.45) is 0 Å². The van der Waals surface area contributed by atoms with Gasteiger partial charge in [-0.15, -0.1) is 22.7 Å². The Hall–Kier alpha value is -2.37. The van der Waals surface area contributed by atoms with E-state index in [0.29, 0.717) is 17.3 Å². The zero-order valence-electron chi connectivity index (χ0n) is 12.2. The molecule has 2 aromatic heterocycles. The largest absolute Gasteiger partial charge is 0.297 e. The monoisotopic (exact) mass is 401 g/mol. The van der Waals surface area contributed by atoms with E-state index in [1.54, 1.807) is 5.38 Å². The van der Waals surface area contributed by atoms with Crippen molar-refractivity contribution in [3.63, 3.8) is 0 Å². The van der Waals surface area contributed by atoms with Crippen LogP contribution in [-0.4, -0.2) is 19.3 Å². The first-order chi connectivity index (χ1) is 11.9. The van der Waals surface area contributed by atoms with Crippen molar-refractivity contribution in [3.8, 4) is 0 Å². The standard InChI is InChI=1S/C14H9F2N3O3S3/c15-9-2-1-8(7-10(9)16)25(21,22)19-11-3-5-23-12(11)13(20)18-14-17-4-6-24-14/h1-7,19H,(H,17,18,20). The highest BCUT2D eigenvalue weighted by Gasteiger charge is 2.21. The lowest BCUT2D eigenvalue weighted by Gasteiger charge is -2.09. The Labute approximate surface area is 149 Å². The highest BCUT2D eigenvalue weighted by atomic mass is 32.2. The number of thiophene rings is 1. The Morgan fingerprint density at radius 3 is 2.56 bits per heavy atom. The third-order valence-electron chi connectivity index (χ3n) is 2.97. The fraction of sp³-hybridized carbons (Fsp3) is 0. The highest BCUT2D eigenvalue weighted by Crippen LogP contribution is 2.27. The first kappa shape index (κ1) is 17.5. The Morgan fingerprint density at radius 1 is 1.08 bits per heavy atom. The van der Waals surface area contributed by atoms with Crippen LogP contribution in [0.4, 0.5) is 19.6 Å². The number of rotatable bonds is 5. The summed E-state index contributed by atoms with van der Waals surface area (Å²) in [6.45, 7) is 0. The quantitative estimate of drug-likeness (QED) is 0.685. The fourth-order valence-electron chi connectivity index (χ4n) is 1.85. The summed E-state index contributed by atoms with van der Waals surface area (Å²) in [5.41, 5.74) is 0.0313. The number of hydrogen-bond donors (Lipinski definition) is 2. The van der Waals surface area contributed by atoms with Gasteiger partial charge in [0.15, 0.2) is 16.8 Å². The average molecular weight is 401 g/mol. The van der Waals surface area contributed by atoms with Crippen LogP contribution in [0.15, 0.2) is 46.1 Å². The van der Waals surface area contributed by atoms with Gasteiger partial charge in [0.2, 0.25) is 0 Å². The molecule has 1 amide bonds. The van der Waals surface area contributed by atoms with Crippen LogP contribution in [0.5, 0.6) is 0 Å². The predicted molar refractivity (Wildman–Crippen MR) is 91.6 cm³/mol. The van der Waals surface area contributed by atoms with Gasteiger partial charge >= 0.3 is 0 Å². The van der Waals surface area contributed by atoms with Crippen LogP contribution in [0.25, 0.3) is 0 Å². The number of thiazole rings is 1. The number of carbonyl (C=O) groups is 1. The Balaban J connectivity index is 1.84. The molecular weight excluding hydrogens is 392 g/mol. The van der Waals surface area contributed by atoms with Gasteiger partial charge in [0.05, 0.1) is 10.6 Å². The summed E-state index contributed by atoms with van der Waals surface area (Å²) in [5, 5.41) is 6.11. The summed E-state index contributed by atoms with van der Waals surface area (Å²) in [5.74, 6) is -2.97. The zero-order valence-corrected chi connectivity index (χ0v) is 14.6. The number of sulfonamides is 1. The predicted octanol–water partition coefficient (Wildman–Crippen LogP) is 3.54. The number of aromatic nitrogens is 1. The van der Waals surface area contributed by atoms with Crippen molar-refractivity contribution in [1.82, 2.24) is 4.98 Å². The number of hydrogen-bond acceptors (Lipinski definition) is 6. The lowest BCUT2D eigenvalue weighted by molar-refractivity contribution is 0.103. The number of anilines is 2. The first-order valence-electron chi connectivity index (χ1n) is 6.63. The summed E-state index contributed by atoms with van der Waals surface area (Å²) < 4.78 is 53.1. The Morgan fingerprint density at radius 2 is 1.88 bits per heavy atom. The lowest BCUT2D eigenvalue weighted by atomic mass is 10.3. The molecule has 6 nitrogen and oxygen atoms in total. The molecule has 0 spiro atoms. The van der Waals surface area contributed by atoms with Gasteiger partial charge in [0, 0.05) is 11.6 Å². The molecule has 0 radical (unpaired) electrons. The summed E-state index contributed by atoms with van der Waals surface area (Å²) >= 11 is 2.24. The van der Waals surface area contributed by atoms with Crippen molar-refractivity contribution in [3.05, 3.63) is 57.7 Å². The van der Waals surface area contributed by atoms with Crippen molar-refractivity contribution in [1.29, 1.82) is 0 Å². The normalized spacial score (nSPS) is 11.3. The van der Waals surface area contributed by atoms with Gasteiger partial charge in [-0.25, -0.2) is 22.2 Å². The molecule has 0 aliphatic heterocycles. The van der Waals surface area contributed by atoms with E-state index in [9.17, 15) is 22.0 Å². The number of halogens is 2. The molecule has 11 heteroatoms. The lowest BCUT2D eigenvalue weighted by Crippen LogP contribution is -2.17. The van der Waals surface area contributed by atoms with E-state index in [0.717, 1.165) is 17.4 Å². The molecule has 0 bridgehead atoms. The molecule has 3 rings (SSSR count). The summed E-state index contributed by atoms with van der Waals surface area (Å²) in [6, 6.07) is 3.62. The maximum Gasteiger partial charge on any atom is 0.269 e. The van der Waals surface area contributed by atoms with Crippen molar-refractivity contribution in [2.75, 3.05) is 10.0 Å². The second kappa shape index (κ2) is 6.86. The molecule has 3 aromatic rings. The van der Waals surface area contributed by atoms with E-state index in [-0.39, 0.29) is 10.6 Å². The number of carbonyl (C=O) groups excluding carboxylic acids is 1. The van der Waals surface area contributed by atoms with E-state index in [1.807, 2.05) is 0 Å². The van der Waals surface area contributed by atoms with Gasteiger partial charge in [-0.3, -0.25) is 14.8 Å². The van der Waals surface area contributed by atoms with Crippen molar-refractivity contribution >= 4 is 49.4 Å². The molecule has 25 heavy (non-hydrogen) atoms. The summed E-state index contributed by atoms with van der Waals surface area (Å²) in [4.78, 5) is 15.8. The van der Waals surface area contributed by atoms with E-state index in [1.165, 1.54) is 29.0 Å². The van der Waals surface area contributed by atoms with Gasteiger partial charge < -0.3 is 0 Å². The van der Waals surface area contributed by atoms with Gasteiger partial charge in [0.25, 0.3) is 15.9 Å². The van der Waals surface area contributed by atoms with Crippen molar-refractivity contribution in [2.45, 2.75) is 4.90 Å². The average Bonchev–Trinajstić information content (AvgIpc) is 3.21. The molecule has 0 aliphatic rings. The van der Waals surface area contributed by atoms with Crippen LogP contribution in [0.1, 0.15) is 9.67 Å². The second-order valence-electron chi connectivity index (χ2n) is 4.64. The van der Waals surface area contributed by atoms with Gasteiger partial charge in [0.1, 0.15) is 4.88 Å². The topological polar surface area (TPSA) is 88.2 Å². The van der Waals surface area contributed by atoms with Gasteiger partial charge in [-0.2, -0.15) is 0 Å². The molecule has 0 atom stereocenters. The number of nitrogens with zero attached hydrogens (tertiary/aromatic N) is 1. The zero-order chi connectivity index (χ0) is 18.0. The molecule has 0 unspecified atom stereocenters. The SMILES string of the molecule is O=C(Nc1nccs1)c1sccc1NS(=O)(=O)c1ccc(F)c(F)c1. The Kier molecular flexibility index (Phi) is 4.79. The third kappa shape index (κ3) is 3.83. The van der Waals surface area contributed by atoms with Crippen LogP contribution < -0.4 is 10.0 Å². The Bertz CT molecular complexity index is 1020. The smallest absolute Gasteiger partial charge is 0.269 e. The highest BCUT2D eigenvalue weighted by molar-refractivity contribution is 7.92. The van der Waals surface area contributed by atoms with E-state index >= 15 is 0 Å². The number of amides is 1. The summed E-state index contributed by atoms with van der Waals surface area (Å²) in [7, 11) is -4.18. The minimum atomic E-state index is -4.18. The third-order valence-corrected chi connectivity index (χ3v) is 5.93. The van der Waals surface area contributed by atoms with E-state index in [2.05, 4.69) is 15.0 Å². The minimum absolute atomic E-state index is 0.0313. The van der Waals surface area contributed by atoms with E-state index in [4.69, 9.17) is 0 Å². The van der Waals surface area contributed by atoms with Crippen LogP contribution in [0.3, 0.4) is 0 Å². The molecular formula is C14H9F2N3O3S3. The van der Waals surface area contributed by atoms with E-state index < -0.39 is 32.5 Å². The molecule has 0 fully saturated rings. The molecule has 0 saturated carbocycles. The van der Waals surface area contributed by atoms with Crippen LogP contribution in [0, 0.1) is 11.6 Å². The fourth-order valence-corrected chi connectivity index (χ4v) is 4.27. The molecule has 1 aromatic carbocycles. The van der Waals surface area contributed by atoms with Crippen LogP contribution >= 0.6 is 22.7 Å². The number of benzene rings is 1. The number of nitrogens with one attached hydrogen (secondary N) is 2. The second-order valence-corrected chi connectivity index (χ2v) is 8.13. The van der Waals surface area contributed by atoms with Crippen LogP contribution in [0.2, 0.25) is 0 Å². The van der Waals surface area contributed by atoms with Crippen molar-refractivity contribution < 1.29 is 22.0 Å². The molecule has 2 N–H and O–H groups in total. The molecule has 0 aliphatic carbocycles. The maximum absolute atomic E-state index is 13.3.